The van der Waals surface area contributed by atoms with Crippen LogP contribution in [0.3, 0.4) is 0 Å². The maximum absolute atomic E-state index is 5.55. The SMILES string of the molecule is CC1CC1CN(C)Cc1ccc(CCN)cc1. The molecule has 2 rings (SSSR count). The first-order valence-electron chi connectivity index (χ1n) is 6.65. The summed E-state index contributed by atoms with van der Waals surface area (Å²) in [4.78, 5) is 2.44. The lowest BCUT2D eigenvalue weighted by molar-refractivity contribution is 0.307. The lowest BCUT2D eigenvalue weighted by Gasteiger charge is -2.16. The van der Waals surface area contributed by atoms with Gasteiger partial charge in [0.1, 0.15) is 0 Å². The molecule has 0 saturated heterocycles. The summed E-state index contributed by atoms with van der Waals surface area (Å²) in [7, 11) is 2.22. The molecule has 17 heavy (non-hydrogen) atoms. The summed E-state index contributed by atoms with van der Waals surface area (Å²) in [6, 6.07) is 8.88. The normalized spacial score (nSPS) is 23.1. The highest BCUT2D eigenvalue weighted by molar-refractivity contribution is 5.22. The van der Waals surface area contributed by atoms with Crippen molar-refractivity contribution in [2.75, 3.05) is 20.1 Å². The summed E-state index contributed by atoms with van der Waals surface area (Å²) < 4.78 is 0. The molecule has 94 valence electrons. The zero-order valence-corrected chi connectivity index (χ0v) is 11.0. The second-order valence-electron chi connectivity index (χ2n) is 5.52. The summed E-state index contributed by atoms with van der Waals surface area (Å²) in [5.41, 5.74) is 8.29. The lowest BCUT2D eigenvalue weighted by Crippen LogP contribution is -2.20. The molecule has 1 aromatic rings. The van der Waals surface area contributed by atoms with Gasteiger partial charge in [-0.1, -0.05) is 31.2 Å². The highest BCUT2D eigenvalue weighted by Crippen LogP contribution is 2.38. The molecule has 1 aliphatic carbocycles. The van der Waals surface area contributed by atoms with E-state index in [2.05, 4.69) is 43.1 Å². The molecular weight excluding hydrogens is 208 g/mol. The van der Waals surface area contributed by atoms with E-state index in [1.54, 1.807) is 0 Å². The van der Waals surface area contributed by atoms with Crippen LogP contribution in [-0.2, 0) is 13.0 Å². The van der Waals surface area contributed by atoms with Crippen LogP contribution in [0.4, 0.5) is 0 Å². The zero-order valence-electron chi connectivity index (χ0n) is 11.0. The second kappa shape index (κ2) is 5.65. The number of nitrogens with two attached hydrogens (primary N) is 1. The van der Waals surface area contributed by atoms with Crippen LogP contribution in [-0.4, -0.2) is 25.0 Å². The minimum atomic E-state index is 0.735. The average molecular weight is 232 g/mol. The van der Waals surface area contributed by atoms with Crippen molar-refractivity contribution in [3.05, 3.63) is 35.4 Å². The molecule has 2 nitrogen and oxygen atoms in total. The van der Waals surface area contributed by atoms with Gasteiger partial charge in [-0.05, 0) is 49.4 Å². The third kappa shape index (κ3) is 3.83. The molecule has 2 atom stereocenters. The first-order valence-corrected chi connectivity index (χ1v) is 6.65. The van der Waals surface area contributed by atoms with Crippen LogP contribution in [0.2, 0.25) is 0 Å². The summed E-state index contributed by atoms with van der Waals surface area (Å²) in [5.74, 6) is 1.89. The number of benzene rings is 1. The summed E-state index contributed by atoms with van der Waals surface area (Å²) in [5, 5.41) is 0. The Labute approximate surface area is 105 Å². The van der Waals surface area contributed by atoms with Crippen molar-refractivity contribution in [3.63, 3.8) is 0 Å². The van der Waals surface area contributed by atoms with Gasteiger partial charge in [0.2, 0.25) is 0 Å². The Morgan fingerprint density at radius 1 is 1.24 bits per heavy atom. The van der Waals surface area contributed by atoms with Gasteiger partial charge in [-0.25, -0.2) is 0 Å². The van der Waals surface area contributed by atoms with Gasteiger partial charge in [-0.2, -0.15) is 0 Å². The van der Waals surface area contributed by atoms with Crippen molar-refractivity contribution in [1.82, 2.24) is 4.90 Å². The van der Waals surface area contributed by atoms with E-state index in [0.717, 1.165) is 31.3 Å². The molecule has 0 heterocycles. The van der Waals surface area contributed by atoms with E-state index in [1.165, 1.54) is 24.1 Å². The molecule has 0 radical (unpaired) electrons. The number of hydrogen-bond donors (Lipinski definition) is 1. The molecule has 2 heteroatoms. The summed E-state index contributed by atoms with van der Waals surface area (Å²) >= 11 is 0. The number of rotatable bonds is 6. The van der Waals surface area contributed by atoms with Gasteiger partial charge in [-0.15, -0.1) is 0 Å². The smallest absolute Gasteiger partial charge is 0.0230 e. The summed E-state index contributed by atoms with van der Waals surface area (Å²) in [6.07, 6.45) is 2.40. The van der Waals surface area contributed by atoms with Gasteiger partial charge >= 0.3 is 0 Å². The topological polar surface area (TPSA) is 29.3 Å². The standard InChI is InChI=1S/C15H24N2/c1-12-9-15(12)11-17(2)10-14-5-3-13(4-6-14)7-8-16/h3-6,12,15H,7-11,16H2,1-2H3. The van der Waals surface area contributed by atoms with Gasteiger partial charge in [0.05, 0.1) is 0 Å². The molecule has 2 unspecified atom stereocenters. The van der Waals surface area contributed by atoms with Crippen molar-refractivity contribution in [2.24, 2.45) is 17.6 Å². The predicted molar refractivity (Wildman–Crippen MR) is 72.8 cm³/mol. The fourth-order valence-corrected chi connectivity index (χ4v) is 2.41. The minimum absolute atomic E-state index is 0.735. The lowest BCUT2D eigenvalue weighted by atomic mass is 10.1. The third-order valence-corrected chi connectivity index (χ3v) is 3.73. The van der Waals surface area contributed by atoms with Crippen molar-refractivity contribution < 1.29 is 0 Å². The van der Waals surface area contributed by atoms with Crippen LogP contribution in [0.15, 0.2) is 24.3 Å². The van der Waals surface area contributed by atoms with E-state index in [0.29, 0.717) is 0 Å². The van der Waals surface area contributed by atoms with E-state index >= 15 is 0 Å². The van der Waals surface area contributed by atoms with Crippen LogP contribution < -0.4 is 5.73 Å². The zero-order chi connectivity index (χ0) is 12.3. The molecule has 1 aliphatic rings. The van der Waals surface area contributed by atoms with Crippen molar-refractivity contribution in [3.8, 4) is 0 Å². The van der Waals surface area contributed by atoms with Crippen LogP contribution >= 0.6 is 0 Å². The van der Waals surface area contributed by atoms with E-state index in [-0.39, 0.29) is 0 Å². The fraction of sp³-hybridized carbons (Fsp3) is 0.600. The monoisotopic (exact) mass is 232 g/mol. The first kappa shape index (κ1) is 12.6. The Morgan fingerprint density at radius 3 is 2.35 bits per heavy atom. The molecule has 2 N–H and O–H groups in total. The summed E-state index contributed by atoms with van der Waals surface area (Å²) in [6.45, 7) is 5.39. The van der Waals surface area contributed by atoms with Crippen LogP contribution in [0, 0.1) is 11.8 Å². The third-order valence-electron chi connectivity index (χ3n) is 3.73. The van der Waals surface area contributed by atoms with Gasteiger partial charge in [-0.3, -0.25) is 0 Å². The van der Waals surface area contributed by atoms with E-state index in [4.69, 9.17) is 5.73 Å². The van der Waals surface area contributed by atoms with Crippen LogP contribution in [0.1, 0.15) is 24.5 Å². The molecule has 0 aromatic heterocycles. The first-order chi connectivity index (χ1) is 8.19. The van der Waals surface area contributed by atoms with Crippen molar-refractivity contribution >= 4 is 0 Å². The molecule has 0 aliphatic heterocycles. The molecule has 0 amide bonds. The molecule has 0 spiro atoms. The highest BCUT2D eigenvalue weighted by atomic mass is 15.1. The molecule has 0 bridgehead atoms. The Bertz CT molecular complexity index is 344. The number of hydrogen-bond acceptors (Lipinski definition) is 2. The van der Waals surface area contributed by atoms with Gasteiger partial charge < -0.3 is 10.6 Å². The second-order valence-corrected chi connectivity index (χ2v) is 5.52. The minimum Gasteiger partial charge on any atom is -0.330 e. The molecule has 1 saturated carbocycles. The Hall–Kier alpha value is -0.860. The fourth-order valence-electron chi connectivity index (χ4n) is 2.41. The predicted octanol–water partition coefficient (Wildman–Crippen LogP) is 2.28. The Morgan fingerprint density at radius 2 is 1.82 bits per heavy atom. The molecule has 1 fully saturated rings. The van der Waals surface area contributed by atoms with E-state index in [1.807, 2.05) is 0 Å². The molecule has 1 aromatic carbocycles. The van der Waals surface area contributed by atoms with Crippen molar-refractivity contribution in [1.29, 1.82) is 0 Å². The van der Waals surface area contributed by atoms with E-state index in [9.17, 15) is 0 Å². The van der Waals surface area contributed by atoms with E-state index < -0.39 is 0 Å². The molecular formula is C15H24N2. The number of nitrogens with zero attached hydrogens (tertiary/aromatic N) is 1. The maximum atomic E-state index is 5.55. The maximum Gasteiger partial charge on any atom is 0.0230 e. The van der Waals surface area contributed by atoms with Gasteiger partial charge in [0.15, 0.2) is 0 Å². The Kier molecular flexibility index (Phi) is 4.19. The van der Waals surface area contributed by atoms with Crippen molar-refractivity contribution in [2.45, 2.75) is 26.3 Å². The van der Waals surface area contributed by atoms with Gasteiger partial charge in [0.25, 0.3) is 0 Å². The Balaban J connectivity index is 1.81. The average Bonchev–Trinajstić information content (AvgIpc) is 2.97. The quantitative estimate of drug-likeness (QED) is 0.815. The highest BCUT2D eigenvalue weighted by Gasteiger charge is 2.32. The largest absolute Gasteiger partial charge is 0.330 e. The van der Waals surface area contributed by atoms with Crippen LogP contribution in [0.5, 0.6) is 0 Å². The van der Waals surface area contributed by atoms with Gasteiger partial charge in [0, 0.05) is 13.1 Å². The van der Waals surface area contributed by atoms with Crippen LogP contribution in [0.25, 0.3) is 0 Å².